The number of amides is 2. The number of methoxy groups -OCH3 is 2. The minimum atomic E-state index is -0.908. The first kappa shape index (κ1) is 20.4. The molecule has 0 bridgehead atoms. The fourth-order valence-electron chi connectivity index (χ4n) is 1.94. The van der Waals surface area contributed by atoms with Gasteiger partial charge in [-0.3, -0.25) is 14.4 Å². The fraction of sp³-hybridized carbons (Fsp3) is 0.471. The van der Waals surface area contributed by atoms with Gasteiger partial charge < -0.3 is 24.8 Å². The number of ether oxygens (including phenoxy) is 3. The lowest BCUT2D eigenvalue weighted by molar-refractivity contribution is -0.154. The second-order valence-corrected chi connectivity index (χ2v) is 5.12. The van der Waals surface area contributed by atoms with Gasteiger partial charge in [0.25, 0.3) is 11.8 Å². The number of hydrogen-bond donors (Lipinski definition) is 2. The van der Waals surface area contributed by atoms with Crippen LogP contribution >= 0.6 is 0 Å². The van der Waals surface area contributed by atoms with E-state index < -0.39 is 18.0 Å². The van der Waals surface area contributed by atoms with Crippen molar-refractivity contribution in [1.82, 2.24) is 10.6 Å². The van der Waals surface area contributed by atoms with Gasteiger partial charge in [0.2, 0.25) is 0 Å². The van der Waals surface area contributed by atoms with Gasteiger partial charge in [-0.2, -0.15) is 0 Å². The van der Waals surface area contributed by atoms with Crippen LogP contribution in [0, 0.1) is 0 Å². The maximum Gasteiger partial charge on any atom is 0.308 e. The molecule has 1 atom stereocenters. The molecule has 0 unspecified atom stereocenters. The van der Waals surface area contributed by atoms with Crippen molar-refractivity contribution in [2.45, 2.75) is 19.4 Å². The quantitative estimate of drug-likeness (QED) is 0.470. The molecule has 0 spiro atoms. The summed E-state index contributed by atoms with van der Waals surface area (Å²) in [5.74, 6) is -0.877. The topological polar surface area (TPSA) is 103 Å². The van der Waals surface area contributed by atoms with Gasteiger partial charge in [-0.05, 0) is 19.1 Å². The van der Waals surface area contributed by atoms with Crippen molar-refractivity contribution in [3.63, 3.8) is 0 Å². The highest BCUT2D eigenvalue weighted by Gasteiger charge is 2.17. The average Bonchev–Trinajstić information content (AvgIpc) is 2.61. The van der Waals surface area contributed by atoms with E-state index >= 15 is 0 Å². The van der Waals surface area contributed by atoms with Crippen LogP contribution in [0.3, 0.4) is 0 Å². The summed E-state index contributed by atoms with van der Waals surface area (Å²) in [5, 5.41) is 5.18. The lowest BCUT2D eigenvalue weighted by atomic mass is 10.2. The van der Waals surface area contributed by atoms with Crippen LogP contribution in [0.25, 0.3) is 0 Å². The van der Waals surface area contributed by atoms with Crippen molar-refractivity contribution >= 4 is 17.8 Å². The van der Waals surface area contributed by atoms with E-state index in [9.17, 15) is 14.4 Å². The van der Waals surface area contributed by atoms with E-state index in [1.807, 2.05) is 0 Å². The van der Waals surface area contributed by atoms with Gasteiger partial charge in [0.05, 0.1) is 25.7 Å². The molecule has 0 saturated carbocycles. The second kappa shape index (κ2) is 11.0. The Morgan fingerprint density at radius 3 is 2.48 bits per heavy atom. The first-order valence-electron chi connectivity index (χ1n) is 7.87. The Kier molecular flexibility index (Phi) is 9.02. The Balaban J connectivity index is 2.34. The number of esters is 1. The Morgan fingerprint density at radius 1 is 1.08 bits per heavy atom. The van der Waals surface area contributed by atoms with E-state index in [0.29, 0.717) is 24.5 Å². The van der Waals surface area contributed by atoms with Crippen LogP contribution < -0.4 is 15.4 Å². The van der Waals surface area contributed by atoms with Gasteiger partial charge in [0.15, 0.2) is 6.10 Å². The molecule has 1 aromatic rings. The minimum Gasteiger partial charge on any atom is -0.496 e. The molecule has 8 heteroatoms. The van der Waals surface area contributed by atoms with Crippen LogP contribution in [0.4, 0.5) is 0 Å². The van der Waals surface area contributed by atoms with E-state index in [-0.39, 0.29) is 18.9 Å². The van der Waals surface area contributed by atoms with Crippen molar-refractivity contribution in [3.8, 4) is 5.75 Å². The van der Waals surface area contributed by atoms with Crippen molar-refractivity contribution in [1.29, 1.82) is 0 Å². The Labute approximate surface area is 146 Å². The summed E-state index contributed by atoms with van der Waals surface area (Å²) in [5.41, 5.74) is 0.379. The van der Waals surface area contributed by atoms with Crippen LogP contribution in [0.15, 0.2) is 24.3 Å². The smallest absolute Gasteiger partial charge is 0.308 e. The van der Waals surface area contributed by atoms with Gasteiger partial charge in [0.1, 0.15) is 5.75 Å². The maximum atomic E-state index is 12.1. The number of rotatable bonds is 10. The van der Waals surface area contributed by atoms with E-state index in [4.69, 9.17) is 14.2 Å². The third-order valence-electron chi connectivity index (χ3n) is 3.25. The van der Waals surface area contributed by atoms with Gasteiger partial charge in [-0.15, -0.1) is 0 Å². The molecule has 0 fully saturated rings. The van der Waals surface area contributed by atoms with Gasteiger partial charge in [0, 0.05) is 20.2 Å². The molecule has 2 N–H and O–H groups in total. The van der Waals surface area contributed by atoms with E-state index in [0.717, 1.165) is 0 Å². The monoisotopic (exact) mass is 352 g/mol. The lowest BCUT2D eigenvalue weighted by Gasteiger charge is -2.13. The first-order valence-corrected chi connectivity index (χ1v) is 7.87. The number of hydrogen-bond acceptors (Lipinski definition) is 6. The zero-order chi connectivity index (χ0) is 18.7. The number of benzene rings is 1. The predicted octanol–water partition coefficient (Wildman–Crippen LogP) is 0.509. The predicted molar refractivity (Wildman–Crippen MR) is 90.4 cm³/mol. The standard InChI is InChI=1S/C17H24N2O6/c1-12(16(21)19-10-11-23-2)25-15(20)8-9-18-17(22)13-6-4-5-7-14(13)24-3/h4-7,12H,8-11H2,1-3H3,(H,18,22)(H,19,21)/t12-/m0/s1. The van der Waals surface area contributed by atoms with E-state index in [2.05, 4.69) is 10.6 Å². The Hall–Kier alpha value is -2.61. The summed E-state index contributed by atoms with van der Waals surface area (Å²) < 4.78 is 14.9. The van der Waals surface area contributed by atoms with Crippen LogP contribution in [0.2, 0.25) is 0 Å². The second-order valence-electron chi connectivity index (χ2n) is 5.12. The molecule has 0 aliphatic rings. The van der Waals surface area contributed by atoms with Crippen molar-refractivity contribution in [2.24, 2.45) is 0 Å². The molecule has 25 heavy (non-hydrogen) atoms. The molecule has 8 nitrogen and oxygen atoms in total. The van der Waals surface area contributed by atoms with Crippen molar-refractivity contribution < 1.29 is 28.6 Å². The van der Waals surface area contributed by atoms with Gasteiger partial charge in [-0.1, -0.05) is 12.1 Å². The fourth-order valence-corrected chi connectivity index (χ4v) is 1.94. The summed E-state index contributed by atoms with van der Waals surface area (Å²) in [4.78, 5) is 35.5. The third kappa shape index (κ3) is 7.21. The van der Waals surface area contributed by atoms with Crippen molar-refractivity contribution in [3.05, 3.63) is 29.8 Å². The third-order valence-corrected chi connectivity index (χ3v) is 3.25. The van der Waals surface area contributed by atoms with E-state index in [1.54, 1.807) is 24.3 Å². The van der Waals surface area contributed by atoms with E-state index in [1.165, 1.54) is 21.1 Å². The number of para-hydroxylation sites is 1. The highest BCUT2D eigenvalue weighted by atomic mass is 16.5. The highest BCUT2D eigenvalue weighted by Crippen LogP contribution is 2.16. The summed E-state index contributed by atoms with van der Waals surface area (Å²) >= 11 is 0. The molecule has 0 saturated heterocycles. The zero-order valence-electron chi connectivity index (χ0n) is 14.7. The van der Waals surface area contributed by atoms with Crippen molar-refractivity contribution in [2.75, 3.05) is 33.9 Å². The molecular weight excluding hydrogens is 328 g/mol. The molecule has 0 aromatic heterocycles. The molecule has 138 valence electrons. The number of nitrogens with one attached hydrogen (secondary N) is 2. The molecule has 1 rings (SSSR count). The maximum absolute atomic E-state index is 12.1. The van der Waals surface area contributed by atoms with Crippen LogP contribution in [-0.4, -0.2) is 57.8 Å². The van der Waals surface area contributed by atoms with Gasteiger partial charge >= 0.3 is 5.97 Å². The molecule has 2 amide bonds. The van der Waals surface area contributed by atoms with Crippen LogP contribution in [-0.2, 0) is 19.1 Å². The highest BCUT2D eigenvalue weighted by molar-refractivity contribution is 5.97. The summed E-state index contributed by atoms with van der Waals surface area (Å²) in [7, 11) is 3.00. The lowest BCUT2D eigenvalue weighted by Crippen LogP contribution is -2.38. The Morgan fingerprint density at radius 2 is 1.80 bits per heavy atom. The number of carbonyl (C=O) groups is 3. The molecular formula is C17H24N2O6. The SMILES string of the molecule is COCCNC(=O)[C@H](C)OC(=O)CCNC(=O)c1ccccc1OC. The van der Waals surface area contributed by atoms with Crippen LogP contribution in [0.1, 0.15) is 23.7 Å². The molecule has 0 aliphatic heterocycles. The summed E-state index contributed by atoms with van der Waals surface area (Å²) in [6.45, 7) is 2.29. The summed E-state index contributed by atoms with van der Waals surface area (Å²) in [6, 6.07) is 6.77. The zero-order valence-corrected chi connectivity index (χ0v) is 14.7. The first-order chi connectivity index (χ1) is 12.0. The number of carbonyl (C=O) groups excluding carboxylic acids is 3. The molecule has 0 aliphatic carbocycles. The average molecular weight is 352 g/mol. The largest absolute Gasteiger partial charge is 0.496 e. The van der Waals surface area contributed by atoms with Gasteiger partial charge in [-0.25, -0.2) is 0 Å². The minimum absolute atomic E-state index is 0.0451. The Bertz CT molecular complexity index is 590. The molecule has 0 radical (unpaired) electrons. The normalized spacial score (nSPS) is 11.3. The van der Waals surface area contributed by atoms with Crippen LogP contribution in [0.5, 0.6) is 5.75 Å². The molecule has 1 aromatic carbocycles. The summed E-state index contributed by atoms with van der Waals surface area (Å²) in [6.07, 6.45) is -0.953. The molecule has 0 heterocycles.